The van der Waals surface area contributed by atoms with E-state index >= 15 is 0 Å². The highest BCUT2D eigenvalue weighted by Crippen LogP contribution is 2.02. The van der Waals surface area contributed by atoms with Gasteiger partial charge in [0.05, 0.1) is 6.61 Å². The van der Waals surface area contributed by atoms with Crippen molar-refractivity contribution in [1.82, 2.24) is 9.97 Å². The lowest BCUT2D eigenvalue weighted by molar-refractivity contribution is 0.0690. The van der Waals surface area contributed by atoms with Crippen molar-refractivity contribution in [3.05, 3.63) is 18.0 Å². The van der Waals surface area contributed by atoms with Crippen molar-refractivity contribution in [3.63, 3.8) is 0 Å². The summed E-state index contributed by atoms with van der Waals surface area (Å²) in [7, 11) is 1.64. The van der Waals surface area contributed by atoms with E-state index in [1.54, 1.807) is 7.11 Å². The quantitative estimate of drug-likeness (QED) is 0.747. The number of methoxy groups -OCH3 is 1. The van der Waals surface area contributed by atoms with Crippen molar-refractivity contribution in [2.75, 3.05) is 25.6 Å². The van der Waals surface area contributed by atoms with Crippen LogP contribution in [0.15, 0.2) is 12.3 Å². The first-order chi connectivity index (χ1) is 7.63. The van der Waals surface area contributed by atoms with Gasteiger partial charge in [-0.15, -0.1) is 0 Å². The number of hydrogen-bond acceptors (Lipinski definition) is 5. The summed E-state index contributed by atoms with van der Waals surface area (Å²) in [6.07, 6.45) is 1.42. The van der Waals surface area contributed by atoms with Crippen molar-refractivity contribution < 1.29 is 14.6 Å². The van der Waals surface area contributed by atoms with Crippen LogP contribution in [0.4, 0.5) is 5.95 Å². The molecule has 0 radical (unpaired) electrons. The summed E-state index contributed by atoms with van der Waals surface area (Å²) in [5.41, 5.74) is -0.0168. The predicted molar refractivity (Wildman–Crippen MR) is 58.5 cm³/mol. The molecule has 1 atom stereocenters. The van der Waals surface area contributed by atoms with E-state index < -0.39 is 5.97 Å². The number of carbonyl (C=O) groups is 1. The summed E-state index contributed by atoms with van der Waals surface area (Å²) >= 11 is 0. The molecular formula is C10H15N3O3. The largest absolute Gasteiger partial charge is 0.477 e. The van der Waals surface area contributed by atoms with Crippen LogP contribution in [0.25, 0.3) is 0 Å². The smallest absolute Gasteiger partial charge is 0.354 e. The number of rotatable bonds is 6. The number of hydrogen-bond donors (Lipinski definition) is 2. The lowest BCUT2D eigenvalue weighted by Crippen LogP contribution is -2.17. The van der Waals surface area contributed by atoms with Crippen molar-refractivity contribution >= 4 is 11.9 Å². The van der Waals surface area contributed by atoms with Crippen LogP contribution in [0.1, 0.15) is 17.4 Å². The van der Waals surface area contributed by atoms with Crippen molar-refractivity contribution in [3.8, 4) is 0 Å². The molecule has 1 heterocycles. The number of nitrogens with one attached hydrogen (secondary N) is 1. The van der Waals surface area contributed by atoms with Crippen molar-refractivity contribution in [2.45, 2.75) is 6.92 Å². The number of carboxylic acids is 1. The summed E-state index contributed by atoms with van der Waals surface area (Å²) in [6, 6.07) is 1.35. The van der Waals surface area contributed by atoms with Crippen LogP contribution in [0.2, 0.25) is 0 Å². The summed E-state index contributed by atoms with van der Waals surface area (Å²) < 4.78 is 4.98. The molecule has 0 saturated carbocycles. The zero-order valence-electron chi connectivity index (χ0n) is 9.30. The van der Waals surface area contributed by atoms with Crippen LogP contribution < -0.4 is 5.32 Å². The maximum absolute atomic E-state index is 10.7. The van der Waals surface area contributed by atoms with E-state index in [1.165, 1.54) is 12.3 Å². The number of aromatic carboxylic acids is 1. The van der Waals surface area contributed by atoms with Gasteiger partial charge in [-0.3, -0.25) is 0 Å². The van der Waals surface area contributed by atoms with Crippen molar-refractivity contribution in [1.29, 1.82) is 0 Å². The van der Waals surface area contributed by atoms with Crippen LogP contribution in [0, 0.1) is 5.92 Å². The molecule has 0 aromatic carbocycles. The molecule has 0 saturated heterocycles. The molecule has 1 aromatic heterocycles. The molecule has 0 bridgehead atoms. The Morgan fingerprint density at radius 1 is 1.69 bits per heavy atom. The summed E-state index contributed by atoms with van der Waals surface area (Å²) in [5.74, 6) is -0.430. The third kappa shape index (κ3) is 3.82. The monoisotopic (exact) mass is 225 g/mol. The lowest BCUT2D eigenvalue weighted by Gasteiger charge is -2.11. The Morgan fingerprint density at radius 2 is 2.44 bits per heavy atom. The zero-order chi connectivity index (χ0) is 12.0. The SMILES string of the molecule is COCC(C)CNc1nccc(C(=O)O)n1. The normalized spacial score (nSPS) is 12.1. The predicted octanol–water partition coefficient (Wildman–Crippen LogP) is 0.869. The molecule has 0 spiro atoms. The van der Waals surface area contributed by atoms with Gasteiger partial charge in [0.25, 0.3) is 0 Å². The number of nitrogens with zero attached hydrogens (tertiary/aromatic N) is 2. The molecule has 2 N–H and O–H groups in total. The highest BCUT2D eigenvalue weighted by atomic mass is 16.5. The van der Waals surface area contributed by atoms with Gasteiger partial charge in [-0.2, -0.15) is 0 Å². The number of anilines is 1. The second-order valence-electron chi connectivity index (χ2n) is 3.51. The standard InChI is InChI=1S/C10H15N3O3/c1-7(6-16-2)5-12-10-11-4-3-8(13-10)9(14)15/h3-4,7H,5-6H2,1-2H3,(H,14,15)(H,11,12,13). The van der Waals surface area contributed by atoms with Gasteiger partial charge in [0, 0.05) is 19.9 Å². The van der Waals surface area contributed by atoms with Crippen LogP contribution in [0.5, 0.6) is 0 Å². The summed E-state index contributed by atoms with van der Waals surface area (Å²) in [4.78, 5) is 18.4. The van der Waals surface area contributed by atoms with Crippen molar-refractivity contribution in [2.24, 2.45) is 5.92 Å². The second kappa shape index (κ2) is 6.02. The van der Waals surface area contributed by atoms with Gasteiger partial charge in [-0.05, 0) is 12.0 Å². The molecule has 0 aliphatic heterocycles. The van der Waals surface area contributed by atoms with Gasteiger partial charge in [0.15, 0.2) is 5.69 Å². The first-order valence-corrected chi connectivity index (χ1v) is 4.92. The Bertz CT molecular complexity index is 357. The summed E-state index contributed by atoms with van der Waals surface area (Å²) in [6.45, 7) is 3.28. The van der Waals surface area contributed by atoms with Crippen LogP contribution >= 0.6 is 0 Å². The third-order valence-electron chi connectivity index (χ3n) is 1.93. The lowest BCUT2D eigenvalue weighted by atomic mass is 10.2. The Balaban J connectivity index is 2.54. The maximum atomic E-state index is 10.7. The molecular weight excluding hydrogens is 210 g/mol. The van der Waals surface area contributed by atoms with Gasteiger partial charge in [0.2, 0.25) is 5.95 Å². The number of aromatic nitrogens is 2. The Labute approximate surface area is 93.7 Å². The molecule has 1 aromatic rings. The minimum absolute atomic E-state index is 0.0168. The average molecular weight is 225 g/mol. The van der Waals surface area contributed by atoms with Gasteiger partial charge < -0.3 is 15.2 Å². The molecule has 6 nitrogen and oxygen atoms in total. The maximum Gasteiger partial charge on any atom is 0.354 e. The molecule has 0 aliphatic carbocycles. The second-order valence-corrected chi connectivity index (χ2v) is 3.51. The fraction of sp³-hybridized carbons (Fsp3) is 0.500. The van der Waals surface area contributed by atoms with Crippen LogP contribution in [-0.2, 0) is 4.74 Å². The van der Waals surface area contributed by atoms with Gasteiger partial charge in [-0.1, -0.05) is 6.92 Å². The van der Waals surface area contributed by atoms with E-state index in [-0.39, 0.29) is 5.69 Å². The van der Waals surface area contributed by atoms with Gasteiger partial charge in [0.1, 0.15) is 0 Å². The highest BCUT2D eigenvalue weighted by Gasteiger charge is 2.07. The fourth-order valence-electron chi connectivity index (χ4n) is 1.17. The van der Waals surface area contributed by atoms with E-state index in [1.807, 2.05) is 6.92 Å². The summed E-state index contributed by atoms with van der Waals surface area (Å²) in [5, 5.41) is 11.7. The molecule has 6 heteroatoms. The van der Waals surface area contributed by atoms with Crippen LogP contribution in [-0.4, -0.2) is 41.3 Å². The number of carboxylic acid groups (broad SMARTS) is 1. The Morgan fingerprint density at radius 3 is 3.06 bits per heavy atom. The zero-order valence-corrected chi connectivity index (χ0v) is 9.30. The number of ether oxygens (including phenoxy) is 1. The molecule has 88 valence electrons. The highest BCUT2D eigenvalue weighted by molar-refractivity contribution is 5.85. The Hall–Kier alpha value is -1.69. The topological polar surface area (TPSA) is 84.3 Å². The van der Waals surface area contributed by atoms with Crippen LogP contribution in [0.3, 0.4) is 0 Å². The molecule has 16 heavy (non-hydrogen) atoms. The first kappa shape index (κ1) is 12.4. The molecule has 1 rings (SSSR count). The first-order valence-electron chi connectivity index (χ1n) is 4.92. The van der Waals surface area contributed by atoms with E-state index in [0.29, 0.717) is 25.0 Å². The molecule has 0 amide bonds. The average Bonchev–Trinajstić information content (AvgIpc) is 2.27. The fourth-order valence-corrected chi connectivity index (χ4v) is 1.17. The molecule has 1 unspecified atom stereocenters. The molecule has 0 aliphatic rings. The van der Waals surface area contributed by atoms with E-state index in [2.05, 4.69) is 15.3 Å². The van der Waals surface area contributed by atoms with E-state index in [0.717, 1.165) is 0 Å². The minimum atomic E-state index is -1.06. The van der Waals surface area contributed by atoms with E-state index in [4.69, 9.17) is 9.84 Å². The Kier molecular flexibility index (Phi) is 4.65. The third-order valence-corrected chi connectivity index (χ3v) is 1.93. The minimum Gasteiger partial charge on any atom is -0.477 e. The molecule has 0 fully saturated rings. The van der Waals surface area contributed by atoms with E-state index in [9.17, 15) is 4.79 Å². The van der Waals surface area contributed by atoms with Gasteiger partial charge >= 0.3 is 5.97 Å². The van der Waals surface area contributed by atoms with Gasteiger partial charge in [-0.25, -0.2) is 14.8 Å².